The number of aromatic hydroxyl groups is 2. The molecule has 0 aliphatic heterocycles. The third kappa shape index (κ3) is 6.16. The maximum Gasteiger partial charge on any atom is 0.864 e. The van der Waals surface area contributed by atoms with E-state index in [1.165, 1.54) is 48.5 Å². The van der Waals surface area contributed by atoms with Crippen LogP contribution in [0.2, 0.25) is 0 Å². The molecular weight excluding hydrogens is 445 g/mol. The van der Waals surface area contributed by atoms with Crippen LogP contribution in [0.4, 0.5) is 26.3 Å². The number of rotatable bonds is 6. The van der Waals surface area contributed by atoms with Gasteiger partial charge in [-0.3, -0.25) is 0 Å². The molecule has 12 heteroatoms. The van der Waals surface area contributed by atoms with Gasteiger partial charge >= 0.3 is 19.7 Å². The lowest BCUT2D eigenvalue weighted by atomic mass is 10.1. The van der Waals surface area contributed by atoms with Crippen LogP contribution in [0, 0.1) is 0 Å². The molecule has 0 saturated heterocycles. The number of hydrogen-bond acceptors (Lipinski definition) is 5. The van der Waals surface area contributed by atoms with Crippen LogP contribution in [-0.2, 0) is 12.4 Å². The minimum atomic E-state index is -5.06. The molecule has 2 N–H and O–H groups in total. The Hall–Kier alpha value is -3.70. The Kier molecular flexibility index (Phi) is 6.33. The number of halogens is 6. The van der Waals surface area contributed by atoms with E-state index in [4.69, 9.17) is 14.0 Å². The van der Waals surface area contributed by atoms with E-state index in [0.717, 1.165) is 0 Å². The lowest BCUT2D eigenvalue weighted by molar-refractivity contribution is -0.143. The summed E-state index contributed by atoms with van der Waals surface area (Å²) in [7, 11) is -1.83. The predicted molar refractivity (Wildman–Crippen MR) is 100 cm³/mol. The first-order valence-corrected chi connectivity index (χ1v) is 8.78. The van der Waals surface area contributed by atoms with E-state index in [9.17, 15) is 36.6 Å². The van der Waals surface area contributed by atoms with Crippen molar-refractivity contribution >= 4 is 7.32 Å². The van der Waals surface area contributed by atoms with E-state index in [1.54, 1.807) is 0 Å². The van der Waals surface area contributed by atoms with E-state index in [0.29, 0.717) is 12.1 Å². The van der Waals surface area contributed by atoms with E-state index in [1.807, 2.05) is 0 Å². The molecule has 3 aromatic rings. The van der Waals surface area contributed by atoms with Gasteiger partial charge in [0.05, 0.1) is 11.1 Å². The first-order chi connectivity index (χ1) is 14.9. The largest absolute Gasteiger partial charge is 0.864 e. The van der Waals surface area contributed by atoms with Gasteiger partial charge in [-0.25, -0.2) is 0 Å². The van der Waals surface area contributed by atoms with Crippen LogP contribution in [0.15, 0.2) is 66.7 Å². The zero-order valence-corrected chi connectivity index (χ0v) is 15.8. The van der Waals surface area contributed by atoms with Crippen LogP contribution in [-0.4, -0.2) is 17.5 Å². The first kappa shape index (κ1) is 23.0. The van der Waals surface area contributed by atoms with E-state index in [2.05, 4.69) is 0 Å². The number of alkyl halides is 6. The Balaban J connectivity index is 1.95. The third-order valence-corrected chi connectivity index (χ3v) is 3.93. The molecule has 0 aromatic heterocycles. The summed E-state index contributed by atoms with van der Waals surface area (Å²) >= 11 is 0. The molecule has 32 heavy (non-hydrogen) atoms. The molecule has 5 nitrogen and oxygen atoms in total. The Morgan fingerprint density at radius 3 is 1.22 bits per heavy atom. The molecule has 3 aromatic carbocycles. The van der Waals surface area contributed by atoms with Gasteiger partial charge in [-0.05, 0) is 66.7 Å². The summed E-state index contributed by atoms with van der Waals surface area (Å²) in [6.45, 7) is 0. The first-order valence-electron chi connectivity index (χ1n) is 8.78. The Morgan fingerprint density at radius 1 is 0.531 bits per heavy atom. The minimum Gasteiger partial charge on any atom is -0.508 e. The average Bonchev–Trinajstić information content (AvgIpc) is 2.70. The van der Waals surface area contributed by atoms with Crippen molar-refractivity contribution in [3.63, 3.8) is 0 Å². The van der Waals surface area contributed by atoms with Gasteiger partial charge < -0.3 is 24.2 Å². The topological polar surface area (TPSA) is 68.2 Å². The lowest BCUT2D eigenvalue weighted by Crippen LogP contribution is -2.37. The predicted octanol–water partition coefficient (Wildman–Crippen LogP) is 5.66. The molecule has 0 heterocycles. The van der Waals surface area contributed by atoms with Gasteiger partial charge in [0.2, 0.25) is 0 Å². The Bertz CT molecular complexity index is 972. The number of benzene rings is 3. The molecule has 0 unspecified atom stereocenters. The van der Waals surface area contributed by atoms with E-state index in [-0.39, 0.29) is 29.1 Å². The summed E-state index contributed by atoms with van der Waals surface area (Å²) in [5.74, 6) is -0.956. The van der Waals surface area contributed by atoms with Gasteiger partial charge in [0.15, 0.2) is 0 Å². The zero-order chi connectivity index (χ0) is 23.5. The lowest BCUT2D eigenvalue weighted by Gasteiger charge is -2.19. The second kappa shape index (κ2) is 8.81. The van der Waals surface area contributed by atoms with Crippen LogP contribution in [0.3, 0.4) is 0 Å². The van der Waals surface area contributed by atoms with Crippen molar-refractivity contribution in [2.75, 3.05) is 0 Å². The average molecular weight is 458 g/mol. The van der Waals surface area contributed by atoms with Gasteiger partial charge in [-0.15, -0.1) is 0 Å². The van der Waals surface area contributed by atoms with Crippen LogP contribution in [0.1, 0.15) is 11.1 Å². The summed E-state index contributed by atoms with van der Waals surface area (Å²) in [5.41, 5.74) is -3.15. The van der Waals surface area contributed by atoms with Crippen LogP contribution >= 0.6 is 0 Å². The van der Waals surface area contributed by atoms with Crippen molar-refractivity contribution in [1.29, 1.82) is 0 Å². The minimum absolute atomic E-state index is 0.0367. The quantitative estimate of drug-likeness (QED) is 0.369. The van der Waals surface area contributed by atoms with E-state index >= 15 is 0 Å². The highest BCUT2D eigenvalue weighted by Gasteiger charge is 2.39. The van der Waals surface area contributed by atoms with Gasteiger partial charge in [0.25, 0.3) is 0 Å². The smallest absolute Gasteiger partial charge is 0.508 e. The molecule has 0 spiro atoms. The van der Waals surface area contributed by atoms with Crippen LogP contribution in [0.5, 0.6) is 28.7 Å². The fourth-order valence-electron chi connectivity index (χ4n) is 2.45. The second-order valence-electron chi connectivity index (χ2n) is 6.37. The molecule has 0 amide bonds. The molecule has 168 valence electrons. The Labute approximate surface area is 177 Å². The molecular formula is C20H13BF6O5. The molecule has 0 fully saturated rings. The fourth-order valence-corrected chi connectivity index (χ4v) is 2.45. The van der Waals surface area contributed by atoms with Crippen LogP contribution in [0.25, 0.3) is 0 Å². The number of phenols is 2. The van der Waals surface area contributed by atoms with Crippen molar-refractivity contribution in [2.45, 2.75) is 12.4 Å². The molecule has 0 aliphatic rings. The standard InChI is InChI=1S/C20H13BF6O5/c22-19(23,24)12-9-13(20(25,26)27)11-18(10-12)32-21(30-16-5-1-14(28)2-6-16)31-17-7-3-15(29)4-8-17/h1-11,28-29H. The monoisotopic (exact) mass is 458 g/mol. The van der Waals surface area contributed by atoms with Crippen molar-refractivity contribution in [2.24, 2.45) is 0 Å². The van der Waals surface area contributed by atoms with Crippen molar-refractivity contribution in [3.05, 3.63) is 77.9 Å². The summed E-state index contributed by atoms with van der Waals surface area (Å²) < 4.78 is 94.6. The summed E-state index contributed by atoms with van der Waals surface area (Å²) in [4.78, 5) is 0. The number of phenolic OH excluding ortho intramolecular Hbond substituents is 2. The van der Waals surface area contributed by atoms with Gasteiger partial charge in [-0.1, -0.05) is 0 Å². The molecule has 3 rings (SSSR count). The summed E-state index contributed by atoms with van der Waals surface area (Å²) in [5, 5.41) is 18.7. The maximum absolute atomic E-state index is 13.1. The molecule has 0 bridgehead atoms. The highest BCUT2D eigenvalue weighted by Crippen LogP contribution is 2.38. The maximum atomic E-state index is 13.1. The molecule has 0 saturated carbocycles. The number of hydrogen-bond donors (Lipinski definition) is 2. The summed E-state index contributed by atoms with van der Waals surface area (Å²) in [6.07, 6.45) is -10.1. The van der Waals surface area contributed by atoms with Gasteiger partial charge in [0.1, 0.15) is 28.7 Å². The normalized spacial score (nSPS) is 11.7. The van der Waals surface area contributed by atoms with Gasteiger partial charge in [0, 0.05) is 0 Å². The van der Waals surface area contributed by atoms with E-state index < -0.39 is 36.6 Å². The molecule has 0 atom stereocenters. The highest BCUT2D eigenvalue weighted by atomic mass is 19.4. The van der Waals surface area contributed by atoms with Crippen molar-refractivity contribution < 1.29 is 50.5 Å². The van der Waals surface area contributed by atoms with Crippen LogP contribution < -0.4 is 14.0 Å². The fraction of sp³-hybridized carbons (Fsp3) is 0.100. The van der Waals surface area contributed by atoms with Crippen molar-refractivity contribution in [1.82, 2.24) is 0 Å². The molecule has 0 aliphatic carbocycles. The third-order valence-electron chi connectivity index (χ3n) is 3.93. The SMILES string of the molecule is Oc1ccc(OB(Oc2ccc(O)cc2)Oc2cc(C(F)(F)F)cc(C(F)(F)F)c2)cc1. The zero-order valence-electron chi connectivity index (χ0n) is 15.8. The highest BCUT2D eigenvalue weighted by molar-refractivity contribution is 6.39. The van der Waals surface area contributed by atoms with Crippen molar-refractivity contribution in [3.8, 4) is 28.7 Å². The molecule has 0 radical (unpaired) electrons. The Morgan fingerprint density at radius 2 is 0.875 bits per heavy atom. The second-order valence-corrected chi connectivity index (χ2v) is 6.37. The van der Waals surface area contributed by atoms with Gasteiger partial charge in [-0.2, -0.15) is 26.3 Å². The summed E-state index contributed by atoms with van der Waals surface area (Å²) in [6, 6.07) is 10.8.